The average Bonchev–Trinajstić information content (AvgIpc) is 2.83. The molecule has 0 amide bonds. The Hall–Kier alpha value is -4.20. The SMILES string of the molecule is COc1c(O)cc2c(O)c(-c3c(C)c(=O)c4c(C(C)C)c(=O)c(=O)cc-4c3=O)c(C)c(O)c2c1C(C)C. The highest BCUT2D eigenvalue weighted by Gasteiger charge is 2.31. The van der Waals surface area contributed by atoms with Gasteiger partial charge >= 0.3 is 0 Å². The van der Waals surface area contributed by atoms with Crippen LogP contribution in [0.25, 0.3) is 33.0 Å². The summed E-state index contributed by atoms with van der Waals surface area (Å²) in [6.45, 7) is 9.89. The number of methoxy groups -OCH3 is 1. The third-order valence-electron chi connectivity index (χ3n) is 7.06. The van der Waals surface area contributed by atoms with Crippen molar-refractivity contribution in [1.29, 1.82) is 0 Å². The van der Waals surface area contributed by atoms with Gasteiger partial charge in [-0.05, 0) is 31.7 Å². The highest BCUT2D eigenvalue weighted by atomic mass is 16.5. The molecule has 0 fully saturated rings. The molecule has 2 aliphatic carbocycles. The summed E-state index contributed by atoms with van der Waals surface area (Å²) in [6.07, 6.45) is 0. The average molecular weight is 505 g/mol. The lowest BCUT2D eigenvalue weighted by Gasteiger charge is -2.22. The van der Waals surface area contributed by atoms with E-state index in [0.29, 0.717) is 5.56 Å². The Labute approximate surface area is 212 Å². The summed E-state index contributed by atoms with van der Waals surface area (Å²) in [6, 6.07) is 2.10. The van der Waals surface area contributed by atoms with Crippen molar-refractivity contribution < 1.29 is 20.1 Å². The number of aromatic hydroxyl groups is 3. The second kappa shape index (κ2) is 8.73. The summed E-state index contributed by atoms with van der Waals surface area (Å²) in [7, 11) is 1.38. The van der Waals surface area contributed by atoms with Gasteiger partial charge in [-0.25, -0.2) is 0 Å². The Balaban J connectivity index is 2.28. The fourth-order valence-electron chi connectivity index (χ4n) is 5.34. The second-order valence-corrected chi connectivity index (χ2v) is 9.97. The van der Waals surface area contributed by atoms with Gasteiger partial charge in [0, 0.05) is 61.3 Å². The molecule has 2 aromatic carbocycles. The summed E-state index contributed by atoms with van der Waals surface area (Å²) < 4.78 is 5.36. The maximum absolute atomic E-state index is 13.8. The van der Waals surface area contributed by atoms with Crippen LogP contribution in [0.2, 0.25) is 0 Å². The molecule has 0 saturated heterocycles. The number of hydrogen-bond donors (Lipinski definition) is 3. The topological polar surface area (TPSA) is 138 Å². The quantitative estimate of drug-likeness (QED) is 0.281. The molecule has 37 heavy (non-hydrogen) atoms. The van der Waals surface area contributed by atoms with Gasteiger partial charge in [-0.15, -0.1) is 0 Å². The first-order valence-electron chi connectivity index (χ1n) is 11.9. The molecule has 2 aliphatic rings. The highest BCUT2D eigenvalue weighted by Crippen LogP contribution is 2.51. The lowest BCUT2D eigenvalue weighted by Crippen LogP contribution is -2.35. The minimum atomic E-state index is -0.900. The summed E-state index contributed by atoms with van der Waals surface area (Å²) in [4.78, 5) is 52.3. The van der Waals surface area contributed by atoms with E-state index in [0.717, 1.165) is 6.07 Å². The number of benzene rings is 4. The van der Waals surface area contributed by atoms with Gasteiger partial charge in [0.15, 0.2) is 22.4 Å². The normalized spacial score (nSPS) is 11.8. The molecule has 0 heterocycles. The Kier molecular flexibility index (Phi) is 6.10. The zero-order valence-electron chi connectivity index (χ0n) is 21.7. The monoisotopic (exact) mass is 504 g/mol. The predicted octanol–water partition coefficient (Wildman–Crippen LogP) is 3.92. The summed E-state index contributed by atoms with van der Waals surface area (Å²) >= 11 is 0. The maximum Gasteiger partial charge on any atom is 0.229 e. The molecule has 3 N–H and O–H groups in total. The first-order valence-corrected chi connectivity index (χ1v) is 11.9. The van der Waals surface area contributed by atoms with E-state index >= 15 is 0 Å². The van der Waals surface area contributed by atoms with E-state index in [9.17, 15) is 34.5 Å². The first kappa shape index (κ1) is 25.9. The molecule has 192 valence electrons. The van der Waals surface area contributed by atoms with Gasteiger partial charge in [-0.2, -0.15) is 0 Å². The number of phenolic OH excluding ortho intramolecular Hbond substituents is 3. The molecule has 0 spiro atoms. The Morgan fingerprint density at radius 3 is 1.84 bits per heavy atom. The zero-order chi connectivity index (χ0) is 27.7. The lowest BCUT2D eigenvalue weighted by atomic mass is 9.82. The van der Waals surface area contributed by atoms with Crippen LogP contribution in [0.1, 0.15) is 61.8 Å². The molecule has 8 heteroatoms. The maximum atomic E-state index is 13.8. The van der Waals surface area contributed by atoms with Crippen LogP contribution < -0.4 is 26.5 Å². The molecule has 0 radical (unpaired) electrons. The van der Waals surface area contributed by atoms with E-state index in [-0.39, 0.29) is 72.9 Å². The molecule has 0 aliphatic heterocycles. The van der Waals surface area contributed by atoms with E-state index in [1.807, 2.05) is 13.8 Å². The molecule has 0 unspecified atom stereocenters. The molecule has 4 rings (SSSR count). The van der Waals surface area contributed by atoms with Gasteiger partial charge in [0.1, 0.15) is 11.5 Å². The Morgan fingerprint density at radius 2 is 1.30 bits per heavy atom. The molecular formula is C29H28O8. The van der Waals surface area contributed by atoms with Crippen LogP contribution in [0.4, 0.5) is 0 Å². The molecule has 8 nitrogen and oxygen atoms in total. The largest absolute Gasteiger partial charge is 0.507 e. The van der Waals surface area contributed by atoms with Gasteiger partial charge in [-0.1, -0.05) is 27.7 Å². The molecule has 0 saturated carbocycles. The van der Waals surface area contributed by atoms with Crippen molar-refractivity contribution in [2.24, 2.45) is 0 Å². The zero-order valence-corrected chi connectivity index (χ0v) is 21.7. The fraction of sp³-hybridized carbons (Fsp3) is 0.310. The van der Waals surface area contributed by atoms with Gasteiger partial charge in [0.2, 0.25) is 10.9 Å². The van der Waals surface area contributed by atoms with E-state index in [4.69, 9.17) is 4.74 Å². The number of hydrogen-bond acceptors (Lipinski definition) is 8. The van der Waals surface area contributed by atoms with Gasteiger partial charge in [0.05, 0.1) is 7.11 Å². The summed E-state index contributed by atoms with van der Waals surface area (Å²) in [5, 5.41) is 33.7. The van der Waals surface area contributed by atoms with Crippen LogP contribution in [0.15, 0.2) is 31.3 Å². The predicted molar refractivity (Wildman–Crippen MR) is 143 cm³/mol. The number of rotatable bonds is 4. The third-order valence-corrected chi connectivity index (χ3v) is 7.06. The highest BCUT2D eigenvalue weighted by molar-refractivity contribution is 6.05. The van der Waals surface area contributed by atoms with E-state index in [2.05, 4.69) is 0 Å². The molecule has 2 aromatic rings. The number of fused-ring (bicyclic) bond motifs is 2. The van der Waals surface area contributed by atoms with Crippen LogP contribution in [0.5, 0.6) is 23.0 Å². The van der Waals surface area contributed by atoms with Crippen LogP contribution in [0, 0.1) is 13.8 Å². The van der Waals surface area contributed by atoms with E-state index < -0.39 is 33.4 Å². The van der Waals surface area contributed by atoms with Gasteiger partial charge in [0.25, 0.3) is 0 Å². The van der Waals surface area contributed by atoms with Crippen LogP contribution in [-0.2, 0) is 0 Å². The van der Waals surface area contributed by atoms with Crippen molar-refractivity contribution in [3.8, 4) is 45.3 Å². The van der Waals surface area contributed by atoms with Gasteiger partial charge in [-0.3, -0.25) is 19.2 Å². The van der Waals surface area contributed by atoms with E-state index in [1.165, 1.54) is 27.0 Å². The Morgan fingerprint density at radius 1 is 0.703 bits per heavy atom. The number of phenols is 3. The number of ether oxygens (including phenoxy) is 1. The standard InChI is InChI=1S/C29H28O8/c1-10(2)18-22-14(8-16(30)28(18)36)26(34)20(12(5)24(22)32)21-13(6)25(33)23-15(27(21)35)9-17(31)29(37-7)19(23)11(3)4/h8-11,31,33,35H,1-7H3. The first-order chi connectivity index (χ1) is 17.3. The molecule has 0 atom stereocenters. The summed E-state index contributed by atoms with van der Waals surface area (Å²) in [5.41, 5.74) is -3.08. The van der Waals surface area contributed by atoms with Crippen molar-refractivity contribution in [1.82, 2.24) is 0 Å². The van der Waals surface area contributed by atoms with Crippen molar-refractivity contribution in [2.45, 2.75) is 53.4 Å². The second-order valence-electron chi connectivity index (χ2n) is 9.97. The van der Waals surface area contributed by atoms with Crippen molar-refractivity contribution in [2.75, 3.05) is 7.11 Å². The van der Waals surface area contributed by atoms with Crippen molar-refractivity contribution in [3.63, 3.8) is 0 Å². The molecular weight excluding hydrogens is 476 g/mol. The molecule has 0 aromatic heterocycles. The fourth-order valence-corrected chi connectivity index (χ4v) is 5.34. The molecule has 0 bridgehead atoms. The minimum absolute atomic E-state index is 0.0138. The Bertz CT molecular complexity index is 1790. The summed E-state index contributed by atoms with van der Waals surface area (Å²) in [5.74, 6) is -1.50. The van der Waals surface area contributed by atoms with Gasteiger partial charge < -0.3 is 20.1 Å². The third kappa shape index (κ3) is 3.50. The van der Waals surface area contributed by atoms with Crippen LogP contribution in [0.3, 0.4) is 0 Å². The van der Waals surface area contributed by atoms with Crippen LogP contribution >= 0.6 is 0 Å². The lowest BCUT2D eigenvalue weighted by molar-refractivity contribution is 0.368. The van der Waals surface area contributed by atoms with Crippen molar-refractivity contribution >= 4 is 10.8 Å². The smallest absolute Gasteiger partial charge is 0.229 e. The van der Waals surface area contributed by atoms with Crippen LogP contribution in [-0.4, -0.2) is 22.4 Å². The minimum Gasteiger partial charge on any atom is -0.507 e. The van der Waals surface area contributed by atoms with E-state index in [1.54, 1.807) is 13.8 Å². The van der Waals surface area contributed by atoms with Crippen molar-refractivity contribution in [3.05, 3.63) is 75.3 Å².